The van der Waals surface area contributed by atoms with Crippen molar-refractivity contribution in [2.24, 2.45) is 5.92 Å². The standard InChI is InChI=1S/C14H15IN2O/c1-9(2)8-11-16-13(12(15)14(18)17-11)10-6-4-3-5-7-10/h3-7,9H,8H2,1-2H3,(H,16,17,18). The van der Waals surface area contributed by atoms with E-state index < -0.39 is 0 Å². The third kappa shape index (κ3) is 2.98. The molecule has 0 unspecified atom stereocenters. The van der Waals surface area contributed by atoms with Crippen LogP contribution in [0.2, 0.25) is 0 Å². The molecule has 0 bridgehead atoms. The first-order valence-corrected chi connectivity index (χ1v) is 7.00. The lowest BCUT2D eigenvalue weighted by Crippen LogP contribution is -2.17. The summed E-state index contributed by atoms with van der Waals surface area (Å²) in [7, 11) is 0. The Morgan fingerprint density at radius 3 is 2.56 bits per heavy atom. The molecule has 0 saturated heterocycles. The zero-order chi connectivity index (χ0) is 13.1. The molecule has 2 aromatic rings. The lowest BCUT2D eigenvalue weighted by molar-refractivity contribution is 0.619. The lowest BCUT2D eigenvalue weighted by atomic mass is 10.1. The van der Waals surface area contributed by atoms with E-state index in [4.69, 9.17) is 0 Å². The van der Waals surface area contributed by atoms with Gasteiger partial charge in [0.1, 0.15) is 9.39 Å². The Labute approximate surface area is 120 Å². The Kier molecular flexibility index (Phi) is 4.16. The molecule has 0 aliphatic carbocycles. The smallest absolute Gasteiger partial charge is 0.264 e. The van der Waals surface area contributed by atoms with Gasteiger partial charge < -0.3 is 4.98 Å². The summed E-state index contributed by atoms with van der Waals surface area (Å²) in [6.07, 6.45) is 0.784. The topological polar surface area (TPSA) is 45.8 Å². The number of aromatic amines is 1. The Bertz CT molecular complexity index is 590. The molecular weight excluding hydrogens is 339 g/mol. The Morgan fingerprint density at radius 2 is 1.94 bits per heavy atom. The van der Waals surface area contributed by atoms with Gasteiger partial charge in [-0.2, -0.15) is 0 Å². The zero-order valence-corrected chi connectivity index (χ0v) is 12.6. The number of nitrogens with one attached hydrogen (secondary N) is 1. The van der Waals surface area contributed by atoms with Crippen molar-refractivity contribution in [2.75, 3.05) is 0 Å². The van der Waals surface area contributed by atoms with E-state index in [1.165, 1.54) is 0 Å². The quantitative estimate of drug-likeness (QED) is 0.861. The van der Waals surface area contributed by atoms with Crippen LogP contribution in [0.4, 0.5) is 0 Å². The molecule has 2 rings (SSSR count). The highest BCUT2D eigenvalue weighted by atomic mass is 127. The number of benzene rings is 1. The third-order valence-electron chi connectivity index (χ3n) is 2.56. The number of hydrogen-bond acceptors (Lipinski definition) is 2. The maximum absolute atomic E-state index is 11.9. The van der Waals surface area contributed by atoms with Crippen LogP contribution >= 0.6 is 22.6 Å². The molecule has 0 aliphatic heterocycles. The summed E-state index contributed by atoms with van der Waals surface area (Å²) >= 11 is 2.05. The largest absolute Gasteiger partial charge is 0.310 e. The van der Waals surface area contributed by atoms with Crippen molar-refractivity contribution in [2.45, 2.75) is 20.3 Å². The van der Waals surface area contributed by atoms with Crippen LogP contribution < -0.4 is 5.56 Å². The number of rotatable bonds is 3. The van der Waals surface area contributed by atoms with E-state index in [0.717, 1.165) is 23.5 Å². The molecule has 94 valence electrons. The predicted molar refractivity (Wildman–Crippen MR) is 81.6 cm³/mol. The first kappa shape index (κ1) is 13.3. The fourth-order valence-corrected chi connectivity index (χ4v) is 2.34. The van der Waals surface area contributed by atoms with Crippen LogP contribution in [-0.4, -0.2) is 9.97 Å². The van der Waals surface area contributed by atoms with Crippen LogP contribution in [0, 0.1) is 9.49 Å². The van der Waals surface area contributed by atoms with E-state index in [9.17, 15) is 4.79 Å². The van der Waals surface area contributed by atoms with E-state index in [1.807, 2.05) is 30.3 Å². The first-order chi connectivity index (χ1) is 8.58. The molecule has 0 aliphatic rings. The number of halogens is 1. The van der Waals surface area contributed by atoms with Gasteiger partial charge in [0.25, 0.3) is 5.56 Å². The highest BCUT2D eigenvalue weighted by Crippen LogP contribution is 2.20. The average Bonchev–Trinajstić information content (AvgIpc) is 2.34. The summed E-state index contributed by atoms with van der Waals surface area (Å²) in [6.45, 7) is 4.22. The van der Waals surface area contributed by atoms with E-state index in [2.05, 4.69) is 46.4 Å². The maximum Gasteiger partial charge on any atom is 0.264 e. The lowest BCUT2D eigenvalue weighted by Gasteiger charge is -2.08. The molecule has 1 aromatic carbocycles. The van der Waals surface area contributed by atoms with Crippen molar-refractivity contribution in [3.05, 3.63) is 50.1 Å². The van der Waals surface area contributed by atoms with E-state index in [1.54, 1.807) is 0 Å². The second kappa shape index (κ2) is 5.65. The molecule has 0 radical (unpaired) electrons. The van der Waals surface area contributed by atoms with Crippen LogP contribution in [0.15, 0.2) is 35.1 Å². The number of nitrogens with zero attached hydrogens (tertiary/aromatic N) is 1. The van der Waals surface area contributed by atoms with Crippen molar-refractivity contribution in [1.29, 1.82) is 0 Å². The Balaban J connectivity index is 2.53. The number of aromatic nitrogens is 2. The van der Waals surface area contributed by atoms with Crippen LogP contribution in [0.1, 0.15) is 19.7 Å². The van der Waals surface area contributed by atoms with Crippen LogP contribution in [0.25, 0.3) is 11.3 Å². The summed E-state index contributed by atoms with van der Waals surface area (Å²) in [6, 6.07) is 9.82. The molecule has 1 N–H and O–H groups in total. The normalized spacial score (nSPS) is 10.9. The molecular formula is C14H15IN2O. The van der Waals surface area contributed by atoms with Crippen molar-refractivity contribution < 1.29 is 0 Å². The van der Waals surface area contributed by atoms with Crippen molar-refractivity contribution >= 4 is 22.6 Å². The molecule has 1 heterocycles. The summed E-state index contributed by atoms with van der Waals surface area (Å²) in [5, 5.41) is 0. The van der Waals surface area contributed by atoms with Crippen molar-refractivity contribution in [3.8, 4) is 11.3 Å². The van der Waals surface area contributed by atoms with Gasteiger partial charge in [-0.05, 0) is 28.5 Å². The zero-order valence-electron chi connectivity index (χ0n) is 10.4. The highest BCUT2D eigenvalue weighted by Gasteiger charge is 2.11. The van der Waals surface area contributed by atoms with E-state index >= 15 is 0 Å². The fourth-order valence-electron chi connectivity index (χ4n) is 1.78. The molecule has 18 heavy (non-hydrogen) atoms. The summed E-state index contributed by atoms with van der Waals surface area (Å²) < 4.78 is 0.645. The Hall–Kier alpha value is -1.17. The predicted octanol–water partition coefficient (Wildman–Crippen LogP) is 3.24. The van der Waals surface area contributed by atoms with E-state index in [-0.39, 0.29) is 5.56 Å². The minimum absolute atomic E-state index is 0.0555. The third-order valence-corrected chi connectivity index (χ3v) is 3.56. The summed E-state index contributed by atoms with van der Waals surface area (Å²) in [5.41, 5.74) is 1.70. The van der Waals surface area contributed by atoms with Gasteiger partial charge in [0, 0.05) is 12.0 Å². The molecule has 0 saturated carbocycles. The van der Waals surface area contributed by atoms with Gasteiger partial charge in [-0.25, -0.2) is 4.98 Å². The van der Waals surface area contributed by atoms with Crippen LogP contribution in [-0.2, 0) is 6.42 Å². The Morgan fingerprint density at radius 1 is 1.28 bits per heavy atom. The maximum atomic E-state index is 11.9. The summed E-state index contributed by atoms with van der Waals surface area (Å²) in [4.78, 5) is 19.3. The minimum Gasteiger partial charge on any atom is -0.310 e. The summed E-state index contributed by atoms with van der Waals surface area (Å²) in [5.74, 6) is 1.23. The fraction of sp³-hybridized carbons (Fsp3) is 0.286. The number of hydrogen-bond donors (Lipinski definition) is 1. The van der Waals surface area contributed by atoms with Gasteiger partial charge >= 0.3 is 0 Å². The van der Waals surface area contributed by atoms with Gasteiger partial charge in [0.2, 0.25) is 0 Å². The average molecular weight is 354 g/mol. The van der Waals surface area contributed by atoms with Gasteiger partial charge in [-0.1, -0.05) is 44.2 Å². The second-order valence-corrected chi connectivity index (χ2v) is 5.72. The number of H-pyrrole nitrogens is 1. The molecule has 0 atom stereocenters. The minimum atomic E-state index is -0.0555. The first-order valence-electron chi connectivity index (χ1n) is 5.92. The molecule has 0 amide bonds. The van der Waals surface area contributed by atoms with Crippen molar-refractivity contribution in [1.82, 2.24) is 9.97 Å². The van der Waals surface area contributed by atoms with Crippen LogP contribution in [0.5, 0.6) is 0 Å². The second-order valence-electron chi connectivity index (χ2n) is 4.64. The molecule has 0 spiro atoms. The van der Waals surface area contributed by atoms with Crippen molar-refractivity contribution in [3.63, 3.8) is 0 Å². The molecule has 3 nitrogen and oxygen atoms in total. The molecule has 4 heteroatoms. The highest BCUT2D eigenvalue weighted by molar-refractivity contribution is 14.1. The van der Waals surface area contributed by atoms with E-state index in [0.29, 0.717) is 9.49 Å². The molecule has 1 aromatic heterocycles. The van der Waals surface area contributed by atoms with Gasteiger partial charge in [0.05, 0.1) is 5.69 Å². The van der Waals surface area contributed by atoms with Gasteiger partial charge in [-0.15, -0.1) is 0 Å². The van der Waals surface area contributed by atoms with Crippen LogP contribution in [0.3, 0.4) is 0 Å². The SMILES string of the molecule is CC(C)Cc1nc(-c2ccccc2)c(I)c(=O)[nH]1. The van der Waals surface area contributed by atoms with Gasteiger partial charge in [-0.3, -0.25) is 4.79 Å². The monoisotopic (exact) mass is 354 g/mol. The van der Waals surface area contributed by atoms with Gasteiger partial charge in [0.15, 0.2) is 0 Å². The molecule has 0 fully saturated rings.